The van der Waals surface area contributed by atoms with E-state index in [1.165, 1.54) is 14.2 Å². The van der Waals surface area contributed by atoms with Gasteiger partial charge in [0, 0.05) is 12.8 Å². The van der Waals surface area contributed by atoms with Crippen LogP contribution in [0.5, 0.6) is 0 Å². The van der Waals surface area contributed by atoms with Crippen LogP contribution in [0.25, 0.3) is 0 Å². The van der Waals surface area contributed by atoms with Gasteiger partial charge in [-0.15, -0.1) is 12.3 Å². The van der Waals surface area contributed by atoms with Crippen molar-refractivity contribution in [3.63, 3.8) is 0 Å². The number of amides is 1. The Labute approximate surface area is 111 Å². The zero-order valence-electron chi connectivity index (χ0n) is 11.0. The number of carbonyl (C=O) groups excluding carboxylic acids is 3. The second-order valence-corrected chi connectivity index (χ2v) is 3.72. The molecule has 0 aliphatic heterocycles. The van der Waals surface area contributed by atoms with Gasteiger partial charge in [-0.1, -0.05) is 0 Å². The molecule has 0 aliphatic carbocycles. The predicted octanol–water partition coefficient (Wildman–Crippen LogP) is -1.05. The first-order valence-electron chi connectivity index (χ1n) is 5.60. The Balaban J connectivity index is 4.24. The van der Waals surface area contributed by atoms with Crippen molar-refractivity contribution < 1.29 is 23.9 Å². The molecule has 0 aromatic carbocycles. The highest BCUT2D eigenvalue weighted by atomic mass is 16.5. The molecular weight excluding hydrogens is 252 g/mol. The van der Waals surface area contributed by atoms with Crippen LogP contribution in [-0.2, 0) is 23.9 Å². The summed E-state index contributed by atoms with van der Waals surface area (Å²) >= 11 is 0. The van der Waals surface area contributed by atoms with Gasteiger partial charge in [0.25, 0.3) is 0 Å². The van der Waals surface area contributed by atoms with Gasteiger partial charge in [0.05, 0.1) is 14.2 Å². The molecule has 7 nitrogen and oxygen atoms in total. The fourth-order valence-corrected chi connectivity index (χ4v) is 1.28. The van der Waals surface area contributed by atoms with Crippen LogP contribution in [0, 0.1) is 12.3 Å². The SMILES string of the molecule is C#CC[C@H](NC(=O)CC[C@H](N)C(=O)OC)C(=O)OC. The largest absolute Gasteiger partial charge is 0.468 e. The summed E-state index contributed by atoms with van der Waals surface area (Å²) in [5.74, 6) is 0.608. The standard InChI is InChI=1S/C12H18N2O5/c1-4-5-9(12(17)19-3)14-10(15)7-6-8(13)11(16)18-2/h1,8-9H,5-7,13H2,2-3H3,(H,14,15)/t8-,9-/m0/s1. The van der Waals surface area contributed by atoms with Crippen molar-refractivity contribution in [1.29, 1.82) is 0 Å². The maximum absolute atomic E-state index is 11.6. The lowest BCUT2D eigenvalue weighted by Gasteiger charge is -2.14. The van der Waals surface area contributed by atoms with Crippen LogP contribution in [0.15, 0.2) is 0 Å². The Hall–Kier alpha value is -2.07. The average molecular weight is 270 g/mol. The van der Waals surface area contributed by atoms with E-state index in [9.17, 15) is 14.4 Å². The molecule has 0 rings (SSSR count). The number of ether oxygens (including phenoxy) is 2. The Morgan fingerprint density at radius 3 is 2.32 bits per heavy atom. The number of carbonyl (C=O) groups is 3. The van der Waals surface area contributed by atoms with Crippen molar-refractivity contribution in [3.8, 4) is 12.3 Å². The van der Waals surface area contributed by atoms with Gasteiger partial charge in [0.1, 0.15) is 12.1 Å². The van der Waals surface area contributed by atoms with Crippen molar-refractivity contribution in [2.24, 2.45) is 5.73 Å². The highest BCUT2D eigenvalue weighted by molar-refractivity contribution is 5.85. The Morgan fingerprint density at radius 1 is 1.26 bits per heavy atom. The lowest BCUT2D eigenvalue weighted by Crippen LogP contribution is -2.42. The van der Waals surface area contributed by atoms with Crippen molar-refractivity contribution >= 4 is 17.8 Å². The highest BCUT2D eigenvalue weighted by Gasteiger charge is 2.21. The number of nitrogens with two attached hydrogens (primary N) is 1. The molecule has 0 radical (unpaired) electrons. The van der Waals surface area contributed by atoms with Crippen molar-refractivity contribution in [1.82, 2.24) is 5.32 Å². The van der Waals surface area contributed by atoms with Crippen LogP contribution in [-0.4, -0.2) is 44.1 Å². The van der Waals surface area contributed by atoms with Gasteiger partial charge in [0.15, 0.2) is 0 Å². The van der Waals surface area contributed by atoms with Crippen LogP contribution in [0.4, 0.5) is 0 Å². The van der Waals surface area contributed by atoms with E-state index in [1.54, 1.807) is 0 Å². The first-order chi connectivity index (χ1) is 8.96. The summed E-state index contributed by atoms with van der Waals surface area (Å²) in [6, 6.07) is -1.77. The second kappa shape index (κ2) is 8.94. The summed E-state index contributed by atoms with van der Waals surface area (Å²) in [6.45, 7) is 0. The topological polar surface area (TPSA) is 108 Å². The van der Waals surface area contributed by atoms with Gasteiger partial charge in [-0.25, -0.2) is 4.79 Å². The number of nitrogens with one attached hydrogen (secondary N) is 1. The lowest BCUT2D eigenvalue weighted by molar-refractivity contribution is -0.145. The van der Waals surface area contributed by atoms with E-state index in [2.05, 4.69) is 20.7 Å². The fourth-order valence-electron chi connectivity index (χ4n) is 1.28. The highest BCUT2D eigenvalue weighted by Crippen LogP contribution is 2.00. The first-order valence-corrected chi connectivity index (χ1v) is 5.60. The van der Waals surface area contributed by atoms with E-state index >= 15 is 0 Å². The van der Waals surface area contributed by atoms with Gasteiger partial charge in [0.2, 0.25) is 5.91 Å². The Kier molecular flexibility index (Phi) is 7.97. The summed E-state index contributed by atoms with van der Waals surface area (Å²) in [6.07, 6.45) is 5.21. The minimum absolute atomic E-state index is 0.0195. The lowest BCUT2D eigenvalue weighted by atomic mass is 10.1. The third-order valence-electron chi connectivity index (χ3n) is 2.33. The van der Waals surface area contributed by atoms with Crippen LogP contribution in [0.2, 0.25) is 0 Å². The summed E-state index contributed by atoms with van der Waals surface area (Å²) in [4.78, 5) is 33.9. The summed E-state index contributed by atoms with van der Waals surface area (Å²) < 4.78 is 8.92. The van der Waals surface area contributed by atoms with Crippen LogP contribution >= 0.6 is 0 Å². The van der Waals surface area contributed by atoms with E-state index in [4.69, 9.17) is 12.2 Å². The molecule has 0 bridgehead atoms. The molecule has 0 aromatic heterocycles. The van der Waals surface area contributed by atoms with E-state index in [0.717, 1.165) is 0 Å². The summed E-state index contributed by atoms with van der Waals surface area (Å²) in [7, 11) is 2.41. The minimum atomic E-state index is -0.892. The third kappa shape index (κ3) is 6.43. The van der Waals surface area contributed by atoms with E-state index < -0.39 is 29.9 Å². The normalized spacial score (nSPS) is 12.7. The molecule has 2 atom stereocenters. The van der Waals surface area contributed by atoms with Crippen molar-refractivity contribution in [2.75, 3.05) is 14.2 Å². The molecule has 0 spiro atoms. The molecule has 0 aromatic rings. The van der Waals surface area contributed by atoms with Gasteiger partial charge in [-0.2, -0.15) is 0 Å². The number of methoxy groups -OCH3 is 2. The molecule has 3 N–H and O–H groups in total. The van der Waals surface area contributed by atoms with E-state index in [0.29, 0.717) is 0 Å². The molecule has 0 aliphatic rings. The zero-order chi connectivity index (χ0) is 14.8. The summed E-state index contributed by atoms with van der Waals surface area (Å²) in [5.41, 5.74) is 5.47. The van der Waals surface area contributed by atoms with Gasteiger partial charge < -0.3 is 20.5 Å². The van der Waals surface area contributed by atoms with Crippen molar-refractivity contribution in [3.05, 3.63) is 0 Å². The monoisotopic (exact) mass is 270 g/mol. The molecule has 106 valence electrons. The van der Waals surface area contributed by atoms with E-state index in [-0.39, 0.29) is 19.3 Å². The molecule has 7 heteroatoms. The molecule has 19 heavy (non-hydrogen) atoms. The maximum Gasteiger partial charge on any atom is 0.329 e. The Morgan fingerprint density at radius 2 is 1.84 bits per heavy atom. The maximum atomic E-state index is 11.6. The number of hydrogen-bond donors (Lipinski definition) is 2. The zero-order valence-corrected chi connectivity index (χ0v) is 11.0. The molecule has 0 fully saturated rings. The number of esters is 2. The number of terminal acetylenes is 1. The molecule has 0 unspecified atom stereocenters. The minimum Gasteiger partial charge on any atom is -0.468 e. The smallest absolute Gasteiger partial charge is 0.329 e. The number of rotatable bonds is 7. The summed E-state index contributed by atoms with van der Waals surface area (Å²) in [5, 5.41) is 2.42. The molecule has 0 saturated heterocycles. The molecule has 1 amide bonds. The van der Waals surface area contributed by atoms with Crippen molar-refractivity contribution in [2.45, 2.75) is 31.3 Å². The van der Waals surface area contributed by atoms with Gasteiger partial charge in [-0.3, -0.25) is 9.59 Å². The quantitative estimate of drug-likeness (QED) is 0.451. The Bertz CT molecular complexity index is 375. The van der Waals surface area contributed by atoms with Gasteiger partial charge in [-0.05, 0) is 6.42 Å². The first kappa shape index (κ1) is 16.9. The second-order valence-electron chi connectivity index (χ2n) is 3.72. The third-order valence-corrected chi connectivity index (χ3v) is 2.33. The predicted molar refractivity (Wildman–Crippen MR) is 66.6 cm³/mol. The van der Waals surface area contributed by atoms with E-state index in [1.807, 2.05) is 0 Å². The van der Waals surface area contributed by atoms with Crippen LogP contribution in [0.1, 0.15) is 19.3 Å². The molecular formula is C12H18N2O5. The molecule has 0 saturated carbocycles. The average Bonchev–Trinajstić information content (AvgIpc) is 2.42. The molecule has 0 heterocycles. The fraction of sp³-hybridized carbons (Fsp3) is 0.583. The van der Waals surface area contributed by atoms with Crippen LogP contribution in [0.3, 0.4) is 0 Å². The van der Waals surface area contributed by atoms with Gasteiger partial charge >= 0.3 is 11.9 Å². The van der Waals surface area contributed by atoms with Crippen LogP contribution < -0.4 is 11.1 Å². The number of hydrogen-bond acceptors (Lipinski definition) is 6.